The van der Waals surface area contributed by atoms with Crippen molar-refractivity contribution in [2.45, 2.75) is 13.5 Å². The summed E-state index contributed by atoms with van der Waals surface area (Å²) in [6.07, 6.45) is 0. The topological polar surface area (TPSA) is 91.8 Å². The lowest BCUT2D eigenvalue weighted by atomic mass is 10.2. The number of nitrogens with zero attached hydrogens (tertiary/aromatic N) is 1. The number of rotatable bonds is 8. The minimum absolute atomic E-state index is 0. The lowest BCUT2D eigenvalue weighted by Gasteiger charge is -2.13. The Kier molecular flexibility index (Phi) is 10.9. The molecule has 0 unspecified atom stereocenters. The number of ether oxygens (including phenoxy) is 1. The third kappa shape index (κ3) is 8.37. The van der Waals surface area contributed by atoms with Crippen LogP contribution in [0, 0.1) is 0 Å². The van der Waals surface area contributed by atoms with E-state index in [0.717, 1.165) is 11.3 Å². The number of sulfonamides is 1. The molecule has 0 heterocycles. The molecule has 0 saturated carbocycles. The maximum atomic E-state index is 11.3. The Balaban J connectivity index is 0.00000484. The molecule has 7 nitrogen and oxygen atoms in total. The van der Waals surface area contributed by atoms with Gasteiger partial charge < -0.3 is 15.4 Å². The molecular weight excluding hydrogens is 431 g/mol. The van der Waals surface area contributed by atoms with Crippen LogP contribution >= 0.6 is 24.0 Å². The van der Waals surface area contributed by atoms with Crippen molar-refractivity contribution < 1.29 is 13.2 Å². The Bertz CT molecular complexity index is 593. The number of hydrogen-bond acceptors (Lipinski definition) is 4. The Morgan fingerprint density at radius 1 is 1.22 bits per heavy atom. The van der Waals surface area contributed by atoms with E-state index in [1.807, 2.05) is 24.3 Å². The van der Waals surface area contributed by atoms with Gasteiger partial charge in [-0.05, 0) is 13.0 Å². The summed E-state index contributed by atoms with van der Waals surface area (Å²) in [7, 11) is 0.136. The van der Waals surface area contributed by atoms with E-state index in [1.54, 1.807) is 21.1 Å². The molecule has 1 aromatic carbocycles. The van der Waals surface area contributed by atoms with Crippen LogP contribution in [0.3, 0.4) is 0 Å². The summed E-state index contributed by atoms with van der Waals surface area (Å²) in [4.78, 5) is 4.09. The van der Waals surface area contributed by atoms with Crippen LogP contribution in [-0.4, -0.2) is 47.4 Å². The molecule has 23 heavy (non-hydrogen) atoms. The van der Waals surface area contributed by atoms with E-state index in [4.69, 9.17) is 4.74 Å². The molecule has 0 fully saturated rings. The molecule has 0 radical (unpaired) electrons. The lowest BCUT2D eigenvalue weighted by Crippen LogP contribution is -2.41. The molecule has 0 amide bonds. The second kappa shape index (κ2) is 11.5. The number of guanidine groups is 1. The van der Waals surface area contributed by atoms with Gasteiger partial charge in [-0.3, -0.25) is 4.99 Å². The van der Waals surface area contributed by atoms with Crippen LogP contribution in [0.2, 0.25) is 0 Å². The normalized spacial score (nSPS) is 11.5. The molecule has 0 bridgehead atoms. The number of hydrogen-bond donors (Lipinski definition) is 3. The SMILES string of the molecule is CCS(=O)(=O)NCCNC(=NC)NCc1ccccc1OC.I. The molecule has 9 heteroatoms. The van der Waals surface area contributed by atoms with Crippen molar-refractivity contribution in [1.29, 1.82) is 0 Å². The second-order valence-corrected chi connectivity index (χ2v) is 6.56. The summed E-state index contributed by atoms with van der Waals surface area (Å²) in [6, 6.07) is 7.71. The summed E-state index contributed by atoms with van der Waals surface area (Å²) in [5, 5.41) is 6.20. The van der Waals surface area contributed by atoms with Gasteiger partial charge in [0.15, 0.2) is 5.96 Å². The van der Waals surface area contributed by atoms with Crippen molar-refractivity contribution >= 4 is 40.0 Å². The van der Waals surface area contributed by atoms with Crippen molar-refractivity contribution in [3.63, 3.8) is 0 Å². The molecule has 0 aliphatic heterocycles. The first-order chi connectivity index (χ1) is 10.5. The van der Waals surface area contributed by atoms with Crippen molar-refractivity contribution in [3.8, 4) is 5.75 Å². The van der Waals surface area contributed by atoms with E-state index in [1.165, 1.54) is 0 Å². The van der Waals surface area contributed by atoms with Gasteiger partial charge >= 0.3 is 0 Å². The molecule has 0 aliphatic rings. The molecule has 1 rings (SSSR count). The van der Waals surface area contributed by atoms with Gasteiger partial charge in [-0.25, -0.2) is 13.1 Å². The first-order valence-electron chi connectivity index (χ1n) is 7.06. The number of nitrogens with one attached hydrogen (secondary N) is 3. The summed E-state index contributed by atoms with van der Waals surface area (Å²) in [5.41, 5.74) is 1.01. The predicted molar refractivity (Wildman–Crippen MR) is 104 cm³/mol. The smallest absolute Gasteiger partial charge is 0.211 e. The van der Waals surface area contributed by atoms with Crippen LogP contribution in [0.5, 0.6) is 5.75 Å². The van der Waals surface area contributed by atoms with Crippen LogP contribution < -0.4 is 20.1 Å². The zero-order valence-corrected chi connectivity index (χ0v) is 16.8. The van der Waals surface area contributed by atoms with Gasteiger partial charge in [-0.1, -0.05) is 18.2 Å². The number of para-hydroxylation sites is 1. The molecule has 0 aliphatic carbocycles. The van der Waals surface area contributed by atoms with Gasteiger partial charge in [0.1, 0.15) is 5.75 Å². The largest absolute Gasteiger partial charge is 0.496 e. The molecule has 132 valence electrons. The van der Waals surface area contributed by atoms with Crippen molar-refractivity contribution in [3.05, 3.63) is 29.8 Å². The van der Waals surface area contributed by atoms with Crippen LogP contribution in [0.25, 0.3) is 0 Å². The fourth-order valence-electron chi connectivity index (χ4n) is 1.74. The zero-order chi connectivity index (χ0) is 16.4. The highest BCUT2D eigenvalue weighted by Crippen LogP contribution is 2.16. The third-order valence-corrected chi connectivity index (χ3v) is 4.39. The van der Waals surface area contributed by atoms with Gasteiger partial charge in [0, 0.05) is 32.2 Å². The maximum absolute atomic E-state index is 11.3. The van der Waals surface area contributed by atoms with E-state index in [0.29, 0.717) is 25.6 Å². The van der Waals surface area contributed by atoms with Crippen LogP contribution in [0.4, 0.5) is 0 Å². The van der Waals surface area contributed by atoms with Gasteiger partial charge in [-0.2, -0.15) is 0 Å². The number of benzene rings is 1. The molecule has 3 N–H and O–H groups in total. The third-order valence-electron chi connectivity index (χ3n) is 2.98. The fourth-order valence-corrected chi connectivity index (χ4v) is 2.36. The average Bonchev–Trinajstić information content (AvgIpc) is 2.54. The summed E-state index contributed by atoms with van der Waals surface area (Å²) in [6.45, 7) is 2.92. The minimum atomic E-state index is -3.16. The van der Waals surface area contributed by atoms with Crippen molar-refractivity contribution in [2.24, 2.45) is 4.99 Å². The highest BCUT2D eigenvalue weighted by Gasteiger charge is 2.06. The molecule has 1 aromatic rings. The average molecular weight is 456 g/mol. The maximum Gasteiger partial charge on any atom is 0.211 e. The van der Waals surface area contributed by atoms with Gasteiger partial charge in [-0.15, -0.1) is 24.0 Å². The van der Waals surface area contributed by atoms with E-state index >= 15 is 0 Å². The van der Waals surface area contributed by atoms with E-state index in [-0.39, 0.29) is 29.7 Å². The standard InChI is InChI=1S/C14H24N4O3S.HI/c1-4-22(19,20)18-10-9-16-14(15-2)17-11-12-7-5-6-8-13(12)21-3;/h5-8,18H,4,9-11H2,1-3H3,(H2,15,16,17);1H. The van der Waals surface area contributed by atoms with Crippen molar-refractivity contribution in [2.75, 3.05) is 33.0 Å². The lowest BCUT2D eigenvalue weighted by molar-refractivity contribution is 0.409. The van der Waals surface area contributed by atoms with Gasteiger partial charge in [0.2, 0.25) is 10.0 Å². The molecule has 0 spiro atoms. The van der Waals surface area contributed by atoms with E-state index < -0.39 is 10.0 Å². The first kappa shape index (κ1) is 21.9. The molecule has 0 saturated heterocycles. The Morgan fingerprint density at radius 2 is 1.91 bits per heavy atom. The predicted octanol–water partition coefficient (Wildman–Crippen LogP) is 0.917. The van der Waals surface area contributed by atoms with Crippen LogP contribution in [-0.2, 0) is 16.6 Å². The molecular formula is C14H25IN4O3S. The fraction of sp³-hybridized carbons (Fsp3) is 0.500. The number of halogens is 1. The highest BCUT2D eigenvalue weighted by atomic mass is 127. The van der Waals surface area contributed by atoms with Gasteiger partial charge in [0.05, 0.1) is 12.9 Å². The van der Waals surface area contributed by atoms with E-state index in [2.05, 4.69) is 20.3 Å². The zero-order valence-electron chi connectivity index (χ0n) is 13.6. The van der Waals surface area contributed by atoms with Crippen molar-refractivity contribution in [1.82, 2.24) is 15.4 Å². The van der Waals surface area contributed by atoms with E-state index in [9.17, 15) is 8.42 Å². The van der Waals surface area contributed by atoms with Gasteiger partial charge in [0.25, 0.3) is 0 Å². The molecule has 0 aromatic heterocycles. The van der Waals surface area contributed by atoms with Crippen LogP contribution in [0.15, 0.2) is 29.3 Å². The Labute approximate surface area is 155 Å². The summed E-state index contributed by atoms with van der Waals surface area (Å²) >= 11 is 0. The minimum Gasteiger partial charge on any atom is -0.496 e. The number of aliphatic imine (C=N–C) groups is 1. The Hall–Kier alpha value is -1.07. The quantitative estimate of drug-likeness (QED) is 0.234. The first-order valence-corrected chi connectivity index (χ1v) is 8.71. The highest BCUT2D eigenvalue weighted by molar-refractivity contribution is 14.0. The monoisotopic (exact) mass is 456 g/mol. The summed E-state index contributed by atoms with van der Waals surface area (Å²) in [5.74, 6) is 1.48. The summed E-state index contributed by atoms with van der Waals surface area (Å²) < 4.78 is 30.4. The second-order valence-electron chi connectivity index (χ2n) is 4.46. The number of methoxy groups -OCH3 is 1. The Morgan fingerprint density at radius 3 is 2.52 bits per heavy atom. The molecule has 0 atom stereocenters. The van der Waals surface area contributed by atoms with Crippen LogP contribution in [0.1, 0.15) is 12.5 Å².